The van der Waals surface area contributed by atoms with E-state index in [0.29, 0.717) is 43.4 Å². The summed E-state index contributed by atoms with van der Waals surface area (Å²) in [4.78, 5) is 25.8. The summed E-state index contributed by atoms with van der Waals surface area (Å²) in [5.41, 5.74) is 6.46. The molecule has 0 bridgehead atoms. The first-order valence-electron chi connectivity index (χ1n) is 16.6. The molecule has 0 amide bonds. The number of ether oxygens (including phenoxy) is 3. The Hall–Kier alpha value is -4.01. The Morgan fingerprint density at radius 2 is 1.31 bits per heavy atom. The van der Waals surface area contributed by atoms with Crippen LogP contribution in [-0.4, -0.2) is 36.9 Å². The predicted octanol–water partition coefficient (Wildman–Crippen LogP) is 10.7. The molecule has 48 heavy (non-hydrogen) atoms. The third-order valence-electron chi connectivity index (χ3n) is 8.84. The van der Waals surface area contributed by atoms with E-state index >= 15 is 0 Å². The van der Waals surface area contributed by atoms with Crippen LogP contribution in [-0.2, 0) is 14.2 Å². The second-order valence-corrected chi connectivity index (χ2v) is 13.8. The zero-order valence-electron chi connectivity index (χ0n) is 27.5. The molecule has 1 aliphatic rings. The van der Waals surface area contributed by atoms with E-state index in [0.717, 1.165) is 44.2 Å². The van der Waals surface area contributed by atoms with E-state index < -0.39 is 0 Å². The zero-order chi connectivity index (χ0) is 33.9. The molecule has 5 nitrogen and oxygen atoms in total. The number of carbonyl (C=O) groups excluding carboxylic acids is 2. The lowest BCUT2D eigenvalue weighted by Gasteiger charge is -2.23. The van der Waals surface area contributed by atoms with E-state index in [2.05, 4.69) is 42.7 Å². The smallest absolute Gasteiger partial charge is 0.338 e. The first kappa shape index (κ1) is 35.3. The van der Waals surface area contributed by atoms with Gasteiger partial charge in [-0.1, -0.05) is 105 Å². The molecule has 5 rings (SSSR count). The van der Waals surface area contributed by atoms with Crippen molar-refractivity contribution in [2.75, 3.05) is 6.61 Å². The summed E-state index contributed by atoms with van der Waals surface area (Å²) in [6.45, 7) is 10.8. The molecule has 4 aromatic carbocycles. The van der Waals surface area contributed by atoms with Gasteiger partial charge in [0.2, 0.25) is 0 Å². The third kappa shape index (κ3) is 10.0. The van der Waals surface area contributed by atoms with Crippen LogP contribution in [0.2, 0.25) is 0 Å². The summed E-state index contributed by atoms with van der Waals surface area (Å²) >= 11 is 2.25. The first-order chi connectivity index (χ1) is 23.3. The van der Waals surface area contributed by atoms with Gasteiger partial charge in [-0.25, -0.2) is 9.59 Å². The van der Waals surface area contributed by atoms with Crippen molar-refractivity contribution in [1.82, 2.24) is 0 Å². The van der Waals surface area contributed by atoms with Gasteiger partial charge in [0.25, 0.3) is 0 Å². The number of halogens is 1. The topological polar surface area (TPSA) is 61.8 Å². The van der Waals surface area contributed by atoms with Gasteiger partial charge in [0, 0.05) is 0 Å². The Bertz CT molecular complexity index is 1670. The normalized spacial score (nSPS) is 17.0. The van der Waals surface area contributed by atoms with Crippen molar-refractivity contribution in [3.63, 3.8) is 0 Å². The summed E-state index contributed by atoms with van der Waals surface area (Å²) in [7, 11) is 0. The van der Waals surface area contributed by atoms with Crippen LogP contribution in [0.25, 0.3) is 22.3 Å². The highest BCUT2D eigenvalue weighted by molar-refractivity contribution is 14.1. The number of benzene rings is 4. The fourth-order valence-electron chi connectivity index (χ4n) is 5.96. The molecule has 0 saturated carbocycles. The molecule has 1 heterocycles. The zero-order valence-corrected chi connectivity index (χ0v) is 29.6. The second-order valence-electron chi connectivity index (χ2n) is 12.5. The lowest BCUT2D eigenvalue weighted by Crippen LogP contribution is -2.23. The van der Waals surface area contributed by atoms with E-state index in [1.54, 1.807) is 0 Å². The second kappa shape index (κ2) is 17.4. The monoisotopic (exact) mass is 754 g/mol. The standard InChI is InChI=1S/C42H43IO5/c1-29(31(3)43)27-39(48-42(45)37-22-18-35(19-23-37)33-13-8-5-9-14-33)24-25-40-30(2)28-38(47-40)15-10-26-46-41(44)36-20-16-34(17-21-36)32-11-6-4-7-12-32/h4-9,11-14,16-23,29,38-40H,2-3,10,15,24-28H2,1H3/t29-,38+,39-,40+/m1/s1. The Kier molecular flexibility index (Phi) is 12.8. The van der Waals surface area contributed by atoms with Crippen LogP contribution >= 0.6 is 22.6 Å². The number of rotatable bonds is 15. The summed E-state index contributed by atoms with van der Waals surface area (Å²) < 4.78 is 19.0. The Morgan fingerprint density at radius 3 is 1.85 bits per heavy atom. The highest BCUT2D eigenvalue weighted by Crippen LogP contribution is 2.32. The molecule has 0 unspecified atom stereocenters. The quantitative estimate of drug-likeness (QED) is 0.0523. The molecule has 0 N–H and O–H groups in total. The summed E-state index contributed by atoms with van der Waals surface area (Å²) in [6, 6.07) is 35.2. The van der Waals surface area contributed by atoms with E-state index in [4.69, 9.17) is 14.2 Å². The number of carbonyl (C=O) groups is 2. The summed E-state index contributed by atoms with van der Waals surface area (Å²) in [5.74, 6) is -0.439. The van der Waals surface area contributed by atoms with E-state index in [-0.39, 0.29) is 36.2 Å². The van der Waals surface area contributed by atoms with Crippen molar-refractivity contribution in [3.05, 3.63) is 143 Å². The molecule has 0 radical (unpaired) electrons. The lowest BCUT2D eigenvalue weighted by molar-refractivity contribution is 0.00890. The Morgan fingerprint density at radius 1 is 0.792 bits per heavy atom. The highest BCUT2D eigenvalue weighted by Gasteiger charge is 2.30. The van der Waals surface area contributed by atoms with Crippen molar-refractivity contribution in [2.45, 2.75) is 63.8 Å². The minimum atomic E-state index is -0.323. The van der Waals surface area contributed by atoms with Crippen LogP contribution in [0.4, 0.5) is 0 Å². The number of hydrogen-bond acceptors (Lipinski definition) is 5. The largest absolute Gasteiger partial charge is 0.462 e. The maximum absolute atomic E-state index is 13.2. The molecule has 0 spiro atoms. The van der Waals surface area contributed by atoms with Crippen molar-refractivity contribution in [1.29, 1.82) is 0 Å². The SMILES string of the molecule is C=C(I)[C@H](C)C[C@@H](CC[C@@H]1O[C@@H](CCCOC(=O)c2ccc(-c3ccccc3)cc2)CC1=C)OC(=O)c1ccc(-c2ccccc2)cc1. The van der Waals surface area contributed by atoms with Crippen molar-refractivity contribution >= 4 is 34.5 Å². The molecule has 0 aromatic heterocycles. The molecule has 1 aliphatic heterocycles. The van der Waals surface area contributed by atoms with Gasteiger partial charge >= 0.3 is 11.9 Å². The molecule has 1 saturated heterocycles. The molecular weight excluding hydrogens is 711 g/mol. The maximum Gasteiger partial charge on any atom is 0.338 e. The van der Waals surface area contributed by atoms with Gasteiger partial charge in [-0.2, -0.15) is 0 Å². The fourth-order valence-corrected chi connectivity index (χ4v) is 6.22. The van der Waals surface area contributed by atoms with Crippen LogP contribution in [0, 0.1) is 5.92 Å². The average Bonchev–Trinajstić information content (AvgIpc) is 3.48. The molecule has 4 aromatic rings. The van der Waals surface area contributed by atoms with Crippen molar-refractivity contribution in [3.8, 4) is 22.3 Å². The fraction of sp³-hybridized carbons (Fsp3) is 0.286. The van der Waals surface area contributed by atoms with Gasteiger partial charge in [-0.3, -0.25) is 0 Å². The van der Waals surface area contributed by atoms with Crippen molar-refractivity contribution in [2.24, 2.45) is 5.92 Å². The highest BCUT2D eigenvalue weighted by atomic mass is 127. The van der Waals surface area contributed by atoms with Crippen molar-refractivity contribution < 1.29 is 23.8 Å². The van der Waals surface area contributed by atoms with Gasteiger partial charge in [0.05, 0.1) is 29.9 Å². The molecule has 4 atom stereocenters. The molecule has 0 aliphatic carbocycles. The molecule has 1 fully saturated rings. The van der Waals surface area contributed by atoms with Crippen LogP contribution < -0.4 is 0 Å². The number of allylic oxidation sites excluding steroid dienone is 1. The predicted molar refractivity (Wildman–Crippen MR) is 201 cm³/mol. The van der Waals surface area contributed by atoms with Crippen LogP contribution in [0.1, 0.15) is 66.2 Å². The number of hydrogen-bond donors (Lipinski definition) is 0. The van der Waals surface area contributed by atoms with Crippen LogP contribution in [0.5, 0.6) is 0 Å². The Balaban J connectivity index is 1.07. The number of esters is 2. The minimum absolute atomic E-state index is 0.0311. The van der Waals surface area contributed by atoms with E-state index in [1.165, 1.54) is 0 Å². The van der Waals surface area contributed by atoms with E-state index in [9.17, 15) is 9.59 Å². The third-order valence-corrected chi connectivity index (χ3v) is 9.90. The average molecular weight is 755 g/mol. The van der Waals surface area contributed by atoms with Crippen LogP contribution in [0.15, 0.2) is 132 Å². The molecule has 248 valence electrons. The van der Waals surface area contributed by atoms with Gasteiger partial charge in [0.1, 0.15) is 6.10 Å². The summed E-state index contributed by atoms with van der Waals surface area (Å²) in [5, 5.41) is 0. The first-order valence-corrected chi connectivity index (χ1v) is 17.7. The minimum Gasteiger partial charge on any atom is -0.462 e. The van der Waals surface area contributed by atoms with Gasteiger partial charge in [-0.05, 0) is 123 Å². The molecular formula is C42H43IO5. The van der Waals surface area contributed by atoms with Gasteiger partial charge in [0.15, 0.2) is 0 Å². The lowest BCUT2D eigenvalue weighted by atomic mass is 9.97. The molecule has 6 heteroatoms. The van der Waals surface area contributed by atoms with Gasteiger partial charge in [-0.15, -0.1) is 0 Å². The van der Waals surface area contributed by atoms with E-state index in [1.807, 2.05) is 109 Å². The van der Waals surface area contributed by atoms with Crippen LogP contribution in [0.3, 0.4) is 0 Å². The Labute approximate surface area is 298 Å². The summed E-state index contributed by atoms with van der Waals surface area (Å²) in [6.07, 6.45) is 4.00. The van der Waals surface area contributed by atoms with Gasteiger partial charge < -0.3 is 14.2 Å². The maximum atomic E-state index is 13.2.